The van der Waals surface area contributed by atoms with Crippen molar-refractivity contribution in [2.24, 2.45) is 0 Å². The molecule has 0 aromatic carbocycles. The Hall–Kier alpha value is -2.32. The van der Waals surface area contributed by atoms with Crippen molar-refractivity contribution >= 4 is 23.9 Å². The van der Waals surface area contributed by atoms with Crippen LogP contribution < -0.4 is 10.6 Å². The fraction of sp³-hybridized carbons (Fsp3) is 0.833. The standard InChI is InChI=1S/C24H44N2O7/c1-11-12-13-16(19(28)32-23(5,6)7)25-21(30)26-17(20(29)33-24(8,9)10)14-15-18(27)31-22(2,3)4/h16-17H,11-15H2,1-10H3,(H2,25,26,30)/t16?,17-/m0/s1. The Bertz CT molecular complexity index is 670. The van der Waals surface area contributed by atoms with Crippen molar-refractivity contribution < 1.29 is 33.4 Å². The molecule has 2 amide bonds. The molecular formula is C24H44N2O7. The van der Waals surface area contributed by atoms with Crippen LogP contribution in [0.25, 0.3) is 0 Å². The van der Waals surface area contributed by atoms with Crippen LogP contribution in [0.5, 0.6) is 0 Å². The lowest BCUT2D eigenvalue weighted by atomic mass is 10.1. The van der Waals surface area contributed by atoms with Gasteiger partial charge in [-0.3, -0.25) is 4.79 Å². The van der Waals surface area contributed by atoms with Gasteiger partial charge in [0.15, 0.2) is 0 Å². The number of carbonyl (C=O) groups is 4. The first-order valence-corrected chi connectivity index (χ1v) is 11.6. The monoisotopic (exact) mass is 472 g/mol. The summed E-state index contributed by atoms with van der Waals surface area (Å²) in [6, 6.07) is -2.68. The van der Waals surface area contributed by atoms with Crippen LogP contribution in [0.2, 0.25) is 0 Å². The van der Waals surface area contributed by atoms with Crippen LogP contribution >= 0.6 is 0 Å². The van der Waals surface area contributed by atoms with E-state index in [4.69, 9.17) is 14.2 Å². The molecule has 33 heavy (non-hydrogen) atoms. The van der Waals surface area contributed by atoms with Gasteiger partial charge in [-0.15, -0.1) is 0 Å². The number of urea groups is 1. The molecule has 9 nitrogen and oxygen atoms in total. The summed E-state index contributed by atoms with van der Waals surface area (Å²) in [6.45, 7) is 17.6. The molecule has 2 atom stereocenters. The number of carbonyl (C=O) groups excluding carboxylic acids is 4. The quantitative estimate of drug-likeness (QED) is 0.364. The molecule has 0 radical (unpaired) electrons. The molecule has 0 fully saturated rings. The molecule has 9 heteroatoms. The highest BCUT2D eigenvalue weighted by Gasteiger charge is 2.31. The zero-order chi connectivity index (χ0) is 26.0. The second-order valence-electron chi connectivity index (χ2n) is 11.1. The van der Waals surface area contributed by atoms with E-state index in [1.807, 2.05) is 6.92 Å². The molecule has 0 saturated carbocycles. The van der Waals surface area contributed by atoms with Crippen molar-refractivity contribution in [3.8, 4) is 0 Å². The number of ether oxygens (including phenoxy) is 3. The number of amides is 2. The van der Waals surface area contributed by atoms with Crippen LogP contribution in [0.1, 0.15) is 101 Å². The van der Waals surface area contributed by atoms with Gasteiger partial charge in [0.2, 0.25) is 0 Å². The zero-order valence-electron chi connectivity index (χ0n) is 22.0. The summed E-state index contributed by atoms with van der Waals surface area (Å²) < 4.78 is 16.1. The number of esters is 3. The second-order valence-corrected chi connectivity index (χ2v) is 11.1. The Morgan fingerprint density at radius 2 is 1.06 bits per heavy atom. The third-order valence-corrected chi connectivity index (χ3v) is 3.90. The molecule has 0 aliphatic rings. The van der Waals surface area contributed by atoms with Crippen molar-refractivity contribution in [3.05, 3.63) is 0 Å². The Balaban J connectivity index is 5.34. The fourth-order valence-corrected chi connectivity index (χ4v) is 2.66. The molecule has 0 heterocycles. The minimum atomic E-state index is -1.10. The highest BCUT2D eigenvalue weighted by Crippen LogP contribution is 2.14. The van der Waals surface area contributed by atoms with Gasteiger partial charge in [-0.05, 0) is 75.2 Å². The molecule has 0 aliphatic heterocycles. The van der Waals surface area contributed by atoms with Gasteiger partial charge in [0, 0.05) is 6.42 Å². The summed E-state index contributed by atoms with van der Waals surface area (Å²) >= 11 is 0. The summed E-state index contributed by atoms with van der Waals surface area (Å²) in [5.74, 6) is -1.72. The Morgan fingerprint density at radius 1 is 0.667 bits per heavy atom. The first-order chi connectivity index (χ1) is 14.8. The second kappa shape index (κ2) is 12.8. The van der Waals surface area contributed by atoms with Gasteiger partial charge in [0.25, 0.3) is 0 Å². The van der Waals surface area contributed by atoms with Crippen LogP contribution in [0.3, 0.4) is 0 Å². The average Bonchev–Trinajstić information content (AvgIpc) is 2.57. The highest BCUT2D eigenvalue weighted by molar-refractivity contribution is 5.87. The summed E-state index contributed by atoms with van der Waals surface area (Å²) in [4.78, 5) is 50.0. The van der Waals surface area contributed by atoms with Gasteiger partial charge >= 0.3 is 23.9 Å². The number of unbranched alkanes of at least 4 members (excludes halogenated alkanes) is 1. The molecule has 1 unspecified atom stereocenters. The lowest BCUT2D eigenvalue weighted by molar-refractivity contribution is -0.159. The van der Waals surface area contributed by atoms with E-state index in [9.17, 15) is 19.2 Å². The lowest BCUT2D eigenvalue weighted by Gasteiger charge is -2.27. The van der Waals surface area contributed by atoms with Gasteiger partial charge in [0.05, 0.1) is 0 Å². The number of rotatable bonds is 10. The minimum absolute atomic E-state index is 0.0106. The van der Waals surface area contributed by atoms with E-state index in [1.165, 1.54) is 0 Å². The molecule has 0 saturated heterocycles. The maximum absolute atomic E-state index is 12.7. The smallest absolute Gasteiger partial charge is 0.329 e. The van der Waals surface area contributed by atoms with E-state index >= 15 is 0 Å². The first-order valence-electron chi connectivity index (χ1n) is 11.6. The third kappa shape index (κ3) is 16.0. The van der Waals surface area contributed by atoms with E-state index in [1.54, 1.807) is 62.3 Å². The van der Waals surface area contributed by atoms with Crippen molar-refractivity contribution in [1.29, 1.82) is 0 Å². The van der Waals surface area contributed by atoms with Crippen LogP contribution in [0.4, 0.5) is 4.79 Å². The molecule has 192 valence electrons. The summed E-state index contributed by atoms with van der Waals surface area (Å²) in [5, 5.41) is 5.14. The van der Waals surface area contributed by atoms with Crippen LogP contribution in [-0.2, 0) is 28.6 Å². The summed E-state index contributed by atoms with van der Waals surface area (Å²) in [5.41, 5.74) is -2.14. The van der Waals surface area contributed by atoms with Crippen molar-refractivity contribution in [1.82, 2.24) is 10.6 Å². The average molecular weight is 473 g/mol. The van der Waals surface area contributed by atoms with Crippen LogP contribution in [-0.4, -0.2) is 52.8 Å². The van der Waals surface area contributed by atoms with Gasteiger partial charge < -0.3 is 24.8 Å². The number of hydrogen-bond donors (Lipinski definition) is 2. The molecule has 2 N–H and O–H groups in total. The van der Waals surface area contributed by atoms with Crippen molar-refractivity contribution in [2.45, 2.75) is 130 Å². The number of nitrogens with one attached hydrogen (secondary N) is 2. The Labute approximate surface area is 198 Å². The minimum Gasteiger partial charge on any atom is -0.460 e. The van der Waals surface area contributed by atoms with Gasteiger partial charge in [0.1, 0.15) is 28.9 Å². The molecule has 0 bridgehead atoms. The molecule has 0 aliphatic carbocycles. The van der Waals surface area contributed by atoms with E-state index in [-0.39, 0.29) is 12.8 Å². The molecule has 0 aromatic heterocycles. The zero-order valence-corrected chi connectivity index (χ0v) is 22.0. The largest absolute Gasteiger partial charge is 0.460 e. The van der Waals surface area contributed by atoms with Gasteiger partial charge in [-0.25, -0.2) is 14.4 Å². The van der Waals surface area contributed by atoms with Crippen molar-refractivity contribution in [3.63, 3.8) is 0 Å². The maximum atomic E-state index is 12.7. The normalized spacial score (nSPS) is 14.0. The van der Waals surface area contributed by atoms with E-state index in [0.717, 1.165) is 6.42 Å². The summed E-state index contributed by atoms with van der Waals surface area (Å²) in [6.07, 6.45) is 1.83. The maximum Gasteiger partial charge on any atom is 0.329 e. The molecule has 0 spiro atoms. The Kier molecular flexibility index (Phi) is 11.9. The third-order valence-electron chi connectivity index (χ3n) is 3.90. The molecule has 0 aromatic rings. The SMILES string of the molecule is CCCCC(NC(=O)N[C@@H](CCC(=O)OC(C)(C)C)C(=O)OC(C)(C)C)C(=O)OC(C)(C)C. The van der Waals surface area contributed by atoms with Crippen LogP contribution in [0, 0.1) is 0 Å². The molecule has 0 rings (SSSR count). The van der Waals surface area contributed by atoms with Crippen LogP contribution in [0.15, 0.2) is 0 Å². The first kappa shape index (κ1) is 30.7. The van der Waals surface area contributed by atoms with Gasteiger partial charge in [-0.2, -0.15) is 0 Å². The van der Waals surface area contributed by atoms with E-state index < -0.39 is 52.8 Å². The molecular weight excluding hydrogens is 428 g/mol. The highest BCUT2D eigenvalue weighted by atomic mass is 16.6. The van der Waals surface area contributed by atoms with Gasteiger partial charge in [-0.1, -0.05) is 19.8 Å². The Morgan fingerprint density at radius 3 is 1.42 bits per heavy atom. The number of hydrogen-bond acceptors (Lipinski definition) is 7. The topological polar surface area (TPSA) is 120 Å². The predicted molar refractivity (Wildman–Crippen MR) is 126 cm³/mol. The van der Waals surface area contributed by atoms with E-state index in [0.29, 0.717) is 12.8 Å². The lowest BCUT2D eigenvalue weighted by Crippen LogP contribution is -2.53. The van der Waals surface area contributed by atoms with E-state index in [2.05, 4.69) is 10.6 Å². The fourth-order valence-electron chi connectivity index (χ4n) is 2.66. The summed E-state index contributed by atoms with van der Waals surface area (Å²) in [7, 11) is 0. The van der Waals surface area contributed by atoms with Crippen molar-refractivity contribution in [2.75, 3.05) is 0 Å². The predicted octanol–water partition coefficient (Wildman–Crippen LogP) is 4.02.